The molecule has 2 fully saturated rings. The van der Waals surface area contributed by atoms with Crippen molar-refractivity contribution in [3.8, 4) is 0 Å². The number of nitrogens with zero attached hydrogens (tertiary/aromatic N) is 1. The van der Waals surface area contributed by atoms with E-state index in [2.05, 4.69) is 19.2 Å². The van der Waals surface area contributed by atoms with Crippen LogP contribution in [-0.2, 0) is 4.79 Å². The van der Waals surface area contributed by atoms with Crippen LogP contribution in [-0.4, -0.2) is 47.2 Å². The SMILES string of the molecule is CCCC1(O)CN(CC(=O)NC2CCCCC2C)C1. The van der Waals surface area contributed by atoms with E-state index in [9.17, 15) is 9.90 Å². The Hall–Kier alpha value is -0.610. The average molecular weight is 268 g/mol. The Bertz CT molecular complexity index is 313. The summed E-state index contributed by atoms with van der Waals surface area (Å²) in [5, 5.41) is 13.2. The molecule has 2 rings (SSSR count). The lowest BCUT2D eigenvalue weighted by Gasteiger charge is -2.46. The van der Waals surface area contributed by atoms with Crippen molar-refractivity contribution in [1.82, 2.24) is 10.2 Å². The highest BCUT2D eigenvalue weighted by Crippen LogP contribution is 2.26. The fourth-order valence-electron chi connectivity index (χ4n) is 3.51. The fourth-order valence-corrected chi connectivity index (χ4v) is 3.51. The number of carbonyl (C=O) groups is 1. The lowest BCUT2D eigenvalue weighted by molar-refractivity contribution is -0.134. The number of aliphatic hydroxyl groups is 1. The Labute approximate surface area is 116 Å². The van der Waals surface area contributed by atoms with Crippen LogP contribution in [0.3, 0.4) is 0 Å². The number of β-amino-alcohol motifs (C(OH)–C–C–N with tert-alkyl or cyclic N) is 1. The quantitative estimate of drug-likeness (QED) is 0.795. The highest BCUT2D eigenvalue weighted by atomic mass is 16.3. The van der Waals surface area contributed by atoms with Gasteiger partial charge in [0.2, 0.25) is 5.91 Å². The van der Waals surface area contributed by atoms with Gasteiger partial charge in [0.15, 0.2) is 0 Å². The topological polar surface area (TPSA) is 52.6 Å². The zero-order chi connectivity index (χ0) is 13.9. The Morgan fingerprint density at radius 2 is 2.05 bits per heavy atom. The first-order chi connectivity index (χ1) is 9.02. The van der Waals surface area contributed by atoms with Crippen LogP contribution in [0.5, 0.6) is 0 Å². The van der Waals surface area contributed by atoms with Crippen LogP contribution in [0.15, 0.2) is 0 Å². The summed E-state index contributed by atoms with van der Waals surface area (Å²) >= 11 is 0. The first kappa shape index (κ1) is 14.8. The van der Waals surface area contributed by atoms with E-state index in [0.29, 0.717) is 31.6 Å². The van der Waals surface area contributed by atoms with E-state index in [1.807, 2.05) is 4.90 Å². The monoisotopic (exact) mass is 268 g/mol. The molecule has 1 saturated heterocycles. The average Bonchev–Trinajstić information content (AvgIpc) is 2.30. The molecular weight excluding hydrogens is 240 g/mol. The van der Waals surface area contributed by atoms with Crippen molar-refractivity contribution in [3.05, 3.63) is 0 Å². The van der Waals surface area contributed by atoms with Gasteiger partial charge in [0.05, 0.1) is 12.1 Å². The van der Waals surface area contributed by atoms with Crippen LogP contribution in [0.25, 0.3) is 0 Å². The maximum Gasteiger partial charge on any atom is 0.234 e. The van der Waals surface area contributed by atoms with Gasteiger partial charge in [-0.25, -0.2) is 0 Å². The summed E-state index contributed by atoms with van der Waals surface area (Å²) in [7, 11) is 0. The fraction of sp³-hybridized carbons (Fsp3) is 0.933. The van der Waals surface area contributed by atoms with Gasteiger partial charge in [-0.05, 0) is 25.2 Å². The molecule has 1 aliphatic heterocycles. The predicted molar refractivity (Wildman–Crippen MR) is 75.9 cm³/mol. The smallest absolute Gasteiger partial charge is 0.234 e. The molecule has 0 bridgehead atoms. The van der Waals surface area contributed by atoms with Gasteiger partial charge in [0.1, 0.15) is 0 Å². The molecule has 0 spiro atoms. The van der Waals surface area contributed by atoms with Gasteiger partial charge in [-0.15, -0.1) is 0 Å². The standard InChI is InChI=1S/C15H28N2O2/c1-3-8-15(19)10-17(11-15)9-14(18)16-13-7-5-4-6-12(13)2/h12-13,19H,3-11H2,1-2H3,(H,16,18). The minimum Gasteiger partial charge on any atom is -0.387 e. The van der Waals surface area contributed by atoms with Gasteiger partial charge >= 0.3 is 0 Å². The first-order valence-corrected chi connectivity index (χ1v) is 7.76. The summed E-state index contributed by atoms with van der Waals surface area (Å²) in [6, 6.07) is 0.358. The van der Waals surface area contributed by atoms with E-state index < -0.39 is 5.60 Å². The van der Waals surface area contributed by atoms with Crippen molar-refractivity contribution in [3.63, 3.8) is 0 Å². The summed E-state index contributed by atoms with van der Waals surface area (Å²) in [6.45, 7) is 6.05. The predicted octanol–water partition coefficient (Wildman–Crippen LogP) is 1.53. The minimum absolute atomic E-state index is 0.122. The third-order valence-corrected chi connectivity index (χ3v) is 4.58. The summed E-state index contributed by atoms with van der Waals surface area (Å²) in [6.07, 6.45) is 6.71. The van der Waals surface area contributed by atoms with Gasteiger partial charge in [-0.1, -0.05) is 33.1 Å². The molecular formula is C15H28N2O2. The van der Waals surface area contributed by atoms with E-state index >= 15 is 0 Å². The third-order valence-electron chi connectivity index (χ3n) is 4.58. The highest BCUT2D eigenvalue weighted by molar-refractivity contribution is 5.78. The molecule has 4 nitrogen and oxygen atoms in total. The van der Waals surface area contributed by atoms with Crippen LogP contribution < -0.4 is 5.32 Å². The Kier molecular flexibility index (Phi) is 4.85. The molecule has 2 atom stereocenters. The maximum absolute atomic E-state index is 12.0. The largest absolute Gasteiger partial charge is 0.387 e. The van der Waals surface area contributed by atoms with Crippen molar-refractivity contribution >= 4 is 5.91 Å². The Balaban J connectivity index is 1.68. The minimum atomic E-state index is -0.535. The van der Waals surface area contributed by atoms with Crippen LogP contribution in [0.2, 0.25) is 0 Å². The highest BCUT2D eigenvalue weighted by Gasteiger charge is 2.40. The molecule has 0 aromatic carbocycles. The van der Waals surface area contributed by atoms with Gasteiger partial charge in [-0.3, -0.25) is 9.69 Å². The van der Waals surface area contributed by atoms with Crippen molar-refractivity contribution < 1.29 is 9.90 Å². The Morgan fingerprint density at radius 1 is 1.37 bits per heavy atom. The molecule has 4 heteroatoms. The van der Waals surface area contributed by atoms with Crippen molar-refractivity contribution in [1.29, 1.82) is 0 Å². The molecule has 0 radical (unpaired) electrons. The van der Waals surface area contributed by atoms with Gasteiger partial charge in [0, 0.05) is 19.1 Å². The maximum atomic E-state index is 12.0. The normalized spacial score (nSPS) is 30.7. The molecule has 1 aliphatic carbocycles. The Morgan fingerprint density at radius 3 is 2.68 bits per heavy atom. The molecule has 1 heterocycles. The number of carbonyl (C=O) groups excluding carboxylic acids is 1. The van der Waals surface area contributed by atoms with Crippen molar-refractivity contribution in [2.45, 2.75) is 64.0 Å². The summed E-state index contributed by atoms with van der Waals surface area (Å²) in [5.74, 6) is 0.725. The van der Waals surface area contributed by atoms with E-state index in [4.69, 9.17) is 0 Å². The number of likely N-dealkylation sites (tertiary alicyclic amines) is 1. The molecule has 2 unspecified atom stereocenters. The van der Waals surface area contributed by atoms with E-state index in [-0.39, 0.29) is 5.91 Å². The zero-order valence-electron chi connectivity index (χ0n) is 12.3. The van der Waals surface area contributed by atoms with Gasteiger partial charge < -0.3 is 10.4 Å². The van der Waals surface area contributed by atoms with Crippen LogP contribution in [0, 0.1) is 5.92 Å². The molecule has 1 saturated carbocycles. The second kappa shape index (κ2) is 6.23. The number of amides is 1. The lowest BCUT2D eigenvalue weighted by atomic mass is 9.86. The second-order valence-electron chi connectivity index (χ2n) is 6.56. The molecule has 19 heavy (non-hydrogen) atoms. The summed E-state index contributed by atoms with van der Waals surface area (Å²) < 4.78 is 0. The van der Waals surface area contributed by atoms with Crippen LogP contribution in [0.4, 0.5) is 0 Å². The first-order valence-electron chi connectivity index (χ1n) is 7.76. The molecule has 2 N–H and O–H groups in total. The second-order valence-corrected chi connectivity index (χ2v) is 6.56. The number of nitrogens with one attached hydrogen (secondary N) is 1. The number of rotatable bonds is 5. The van der Waals surface area contributed by atoms with E-state index in [1.165, 1.54) is 19.3 Å². The van der Waals surface area contributed by atoms with E-state index in [1.54, 1.807) is 0 Å². The third kappa shape index (κ3) is 3.93. The van der Waals surface area contributed by atoms with Crippen molar-refractivity contribution in [2.24, 2.45) is 5.92 Å². The number of hydrogen-bond acceptors (Lipinski definition) is 3. The van der Waals surface area contributed by atoms with Gasteiger partial charge in [-0.2, -0.15) is 0 Å². The molecule has 0 aromatic heterocycles. The molecule has 110 valence electrons. The lowest BCUT2D eigenvalue weighted by Crippen LogP contribution is -2.63. The van der Waals surface area contributed by atoms with Gasteiger partial charge in [0.25, 0.3) is 0 Å². The van der Waals surface area contributed by atoms with Crippen LogP contribution >= 0.6 is 0 Å². The molecule has 0 aromatic rings. The summed E-state index contributed by atoms with van der Waals surface area (Å²) in [4.78, 5) is 14.0. The zero-order valence-corrected chi connectivity index (χ0v) is 12.3. The summed E-state index contributed by atoms with van der Waals surface area (Å²) in [5.41, 5.74) is -0.535. The molecule has 1 amide bonds. The number of hydrogen-bond donors (Lipinski definition) is 2. The van der Waals surface area contributed by atoms with Crippen LogP contribution in [0.1, 0.15) is 52.4 Å². The van der Waals surface area contributed by atoms with Crippen molar-refractivity contribution in [2.75, 3.05) is 19.6 Å². The van der Waals surface area contributed by atoms with E-state index in [0.717, 1.165) is 19.3 Å². The molecule has 2 aliphatic rings.